The number of benzene rings is 1. The molecule has 0 saturated heterocycles. The molecule has 0 spiro atoms. The van der Waals surface area contributed by atoms with Gasteiger partial charge in [0.1, 0.15) is 5.04 Å². The summed E-state index contributed by atoms with van der Waals surface area (Å²) in [6.45, 7) is 3.74. The number of rotatable bonds is 6. The number of oxime groups is 1. The molecule has 5 nitrogen and oxygen atoms in total. The zero-order valence-electron chi connectivity index (χ0n) is 13.5. The molecule has 2 rings (SSSR count). The van der Waals surface area contributed by atoms with Gasteiger partial charge >= 0.3 is 10.1 Å². The lowest BCUT2D eigenvalue weighted by atomic mass is 9.98. The van der Waals surface area contributed by atoms with Crippen LogP contribution in [0.4, 0.5) is 0 Å². The van der Waals surface area contributed by atoms with Crippen LogP contribution < -0.4 is 0 Å². The summed E-state index contributed by atoms with van der Waals surface area (Å²) in [5.41, 5.74) is 3.28. The topological polar surface area (TPSA) is 79.5 Å². The zero-order valence-corrected chi connectivity index (χ0v) is 15.2. The second-order valence-electron chi connectivity index (χ2n) is 5.26. The van der Waals surface area contributed by atoms with Gasteiger partial charge in [-0.05, 0) is 36.0 Å². The van der Waals surface area contributed by atoms with Crippen LogP contribution in [0.3, 0.4) is 0 Å². The van der Waals surface area contributed by atoms with Crippen LogP contribution in [0.5, 0.6) is 0 Å². The first-order chi connectivity index (χ1) is 11.5. The maximum Gasteiger partial charge on any atom is 0.328 e. The number of nitrogens with zero attached hydrogens (tertiary/aromatic N) is 2. The number of nitriles is 1. The van der Waals surface area contributed by atoms with Gasteiger partial charge in [0, 0.05) is 17.6 Å². The molecule has 1 aromatic rings. The molecule has 1 aliphatic heterocycles. The molecule has 0 radical (unpaired) electrons. The Morgan fingerprint density at radius 3 is 2.79 bits per heavy atom. The molecule has 0 unspecified atom stereocenters. The fraction of sp³-hybridized carbons (Fsp3) is 0.294. The van der Waals surface area contributed by atoms with Gasteiger partial charge in [0.2, 0.25) is 0 Å². The highest BCUT2D eigenvalue weighted by molar-refractivity contribution is 8.17. The first kappa shape index (κ1) is 18.3. The molecule has 1 heterocycles. The summed E-state index contributed by atoms with van der Waals surface area (Å²) >= 11 is 1.24. The van der Waals surface area contributed by atoms with Crippen molar-refractivity contribution in [1.29, 1.82) is 5.26 Å². The Labute approximate surface area is 146 Å². The summed E-state index contributed by atoms with van der Waals surface area (Å²) < 4.78 is 28.0. The van der Waals surface area contributed by atoms with Crippen molar-refractivity contribution < 1.29 is 12.7 Å². The van der Waals surface area contributed by atoms with E-state index in [4.69, 9.17) is 4.28 Å². The molecule has 0 amide bonds. The summed E-state index contributed by atoms with van der Waals surface area (Å²) in [5, 5.41) is 15.4. The Balaban J connectivity index is 2.28. The third kappa shape index (κ3) is 4.73. The monoisotopic (exact) mass is 362 g/mol. The molecule has 0 fully saturated rings. The minimum absolute atomic E-state index is 0.0881. The molecule has 0 saturated carbocycles. The van der Waals surface area contributed by atoms with Gasteiger partial charge in [0.25, 0.3) is 0 Å². The number of hydrogen-bond donors (Lipinski definition) is 0. The number of hydrogen-bond acceptors (Lipinski definition) is 6. The highest BCUT2D eigenvalue weighted by Gasteiger charge is 2.19. The van der Waals surface area contributed by atoms with Crippen molar-refractivity contribution in [2.24, 2.45) is 5.16 Å². The molecule has 7 heteroatoms. The molecular formula is C17H18N2O3S2. The minimum atomic E-state index is -3.67. The summed E-state index contributed by atoms with van der Waals surface area (Å²) in [5.74, 6) is -0.0881. The van der Waals surface area contributed by atoms with Crippen LogP contribution in [0.2, 0.25) is 0 Å². The van der Waals surface area contributed by atoms with Crippen LogP contribution in [0, 0.1) is 18.3 Å². The van der Waals surface area contributed by atoms with E-state index in [-0.39, 0.29) is 5.75 Å². The predicted octanol–water partition coefficient (Wildman–Crippen LogP) is 3.69. The molecular weight excluding hydrogens is 344 g/mol. The van der Waals surface area contributed by atoms with Crippen LogP contribution in [0.1, 0.15) is 24.5 Å². The third-order valence-corrected chi connectivity index (χ3v) is 5.42. The first-order valence-corrected chi connectivity index (χ1v) is 9.93. The van der Waals surface area contributed by atoms with Gasteiger partial charge in [-0.25, -0.2) is 0 Å². The molecule has 0 bridgehead atoms. The van der Waals surface area contributed by atoms with E-state index in [2.05, 4.69) is 11.2 Å². The second kappa shape index (κ2) is 8.18. The molecule has 0 atom stereocenters. The van der Waals surface area contributed by atoms with Crippen molar-refractivity contribution in [2.45, 2.75) is 26.7 Å². The van der Waals surface area contributed by atoms with E-state index in [1.807, 2.05) is 31.2 Å². The number of allylic oxidation sites excluding steroid dienone is 2. The summed E-state index contributed by atoms with van der Waals surface area (Å²) in [6.07, 6.45) is 2.68. The van der Waals surface area contributed by atoms with Crippen LogP contribution in [0.25, 0.3) is 0 Å². The lowest BCUT2D eigenvalue weighted by Crippen LogP contribution is -2.08. The van der Waals surface area contributed by atoms with Crippen molar-refractivity contribution in [3.05, 3.63) is 58.0 Å². The minimum Gasteiger partial charge on any atom is -0.267 e. The Morgan fingerprint density at radius 1 is 1.38 bits per heavy atom. The quantitative estimate of drug-likeness (QED) is 0.569. The third-order valence-electron chi connectivity index (χ3n) is 3.42. The molecule has 0 N–H and O–H groups in total. The van der Waals surface area contributed by atoms with Crippen molar-refractivity contribution in [2.75, 3.05) is 5.75 Å². The lowest BCUT2D eigenvalue weighted by Gasteiger charge is -2.07. The van der Waals surface area contributed by atoms with Crippen LogP contribution in [-0.2, 0) is 20.8 Å². The fourth-order valence-corrected chi connectivity index (χ4v) is 3.71. The van der Waals surface area contributed by atoms with E-state index in [0.29, 0.717) is 29.0 Å². The zero-order chi connectivity index (χ0) is 17.6. The normalized spacial score (nSPS) is 17.8. The Morgan fingerprint density at radius 2 is 2.12 bits per heavy atom. The van der Waals surface area contributed by atoms with Gasteiger partial charge in [0.05, 0.1) is 11.8 Å². The molecule has 24 heavy (non-hydrogen) atoms. The van der Waals surface area contributed by atoms with Gasteiger partial charge in [-0.3, -0.25) is 4.28 Å². The van der Waals surface area contributed by atoms with E-state index in [0.717, 1.165) is 11.1 Å². The van der Waals surface area contributed by atoms with E-state index in [1.54, 1.807) is 18.4 Å². The Kier molecular flexibility index (Phi) is 6.23. The first-order valence-electron chi connectivity index (χ1n) is 7.47. The van der Waals surface area contributed by atoms with Gasteiger partial charge < -0.3 is 0 Å². The van der Waals surface area contributed by atoms with Gasteiger partial charge in [0.15, 0.2) is 0 Å². The summed E-state index contributed by atoms with van der Waals surface area (Å²) in [4.78, 5) is 0. The smallest absolute Gasteiger partial charge is 0.267 e. The SMILES string of the molecule is CCCS(=O)(=O)ON=C1SC=CC1=C(C#N)Cc1ccccc1C. The fourth-order valence-electron chi connectivity index (χ4n) is 2.17. The molecule has 0 aromatic heterocycles. The maximum atomic E-state index is 11.6. The summed E-state index contributed by atoms with van der Waals surface area (Å²) in [7, 11) is -3.67. The second-order valence-corrected chi connectivity index (χ2v) is 7.83. The van der Waals surface area contributed by atoms with Gasteiger partial charge in [-0.1, -0.05) is 48.1 Å². The van der Waals surface area contributed by atoms with E-state index in [1.165, 1.54) is 11.8 Å². The molecule has 0 aliphatic carbocycles. The van der Waals surface area contributed by atoms with Crippen molar-refractivity contribution >= 4 is 26.9 Å². The Hall–Kier alpha value is -2.04. The molecule has 1 aliphatic rings. The van der Waals surface area contributed by atoms with E-state index < -0.39 is 10.1 Å². The van der Waals surface area contributed by atoms with Crippen molar-refractivity contribution in [3.8, 4) is 6.07 Å². The maximum absolute atomic E-state index is 11.6. The van der Waals surface area contributed by atoms with Gasteiger partial charge in [-0.15, -0.1) is 0 Å². The number of thioether (sulfide) groups is 1. The van der Waals surface area contributed by atoms with Crippen LogP contribution in [-0.4, -0.2) is 19.2 Å². The summed E-state index contributed by atoms with van der Waals surface area (Å²) in [6, 6.07) is 10.0. The van der Waals surface area contributed by atoms with Crippen molar-refractivity contribution in [1.82, 2.24) is 0 Å². The average molecular weight is 362 g/mol. The number of aryl methyl sites for hydroxylation is 1. The standard InChI is InChI=1S/C17H18N2O3S2/c1-3-10-24(20,21)22-19-17-16(8-9-23-17)15(12-18)11-14-7-5-4-6-13(14)2/h4-9H,3,10-11H2,1-2H3. The highest BCUT2D eigenvalue weighted by Crippen LogP contribution is 2.28. The average Bonchev–Trinajstić information content (AvgIpc) is 3.01. The van der Waals surface area contributed by atoms with Gasteiger partial charge in [-0.2, -0.15) is 13.7 Å². The molecule has 1 aromatic carbocycles. The van der Waals surface area contributed by atoms with Crippen LogP contribution in [0.15, 0.2) is 52.1 Å². The lowest BCUT2D eigenvalue weighted by molar-refractivity contribution is 0.340. The van der Waals surface area contributed by atoms with Crippen LogP contribution >= 0.6 is 11.8 Å². The largest absolute Gasteiger partial charge is 0.328 e. The molecule has 126 valence electrons. The highest BCUT2D eigenvalue weighted by atomic mass is 32.2. The predicted molar refractivity (Wildman–Crippen MR) is 96.9 cm³/mol. The van der Waals surface area contributed by atoms with E-state index in [9.17, 15) is 13.7 Å². The Bertz CT molecular complexity index is 847. The van der Waals surface area contributed by atoms with Crippen molar-refractivity contribution in [3.63, 3.8) is 0 Å². The van der Waals surface area contributed by atoms with E-state index >= 15 is 0 Å².